The third-order valence-electron chi connectivity index (χ3n) is 5.11. The number of pyridine rings is 1. The molecule has 0 aliphatic carbocycles. The number of hydrogen-bond acceptors (Lipinski definition) is 4. The minimum absolute atomic E-state index is 0.163. The Morgan fingerprint density at radius 2 is 1.65 bits per heavy atom. The van der Waals surface area contributed by atoms with E-state index in [9.17, 15) is 30.7 Å². The zero-order chi connectivity index (χ0) is 24.7. The molecule has 0 radical (unpaired) electrons. The van der Waals surface area contributed by atoms with E-state index in [2.05, 4.69) is 4.98 Å². The number of nitrogens with one attached hydrogen (secondary N) is 1. The summed E-state index contributed by atoms with van der Waals surface area (Å²) >= 11 is 0. The van der Waals surface area contributed by atoms with E-state index in [1.165, 1.54) is 36.7 Å². The van der Waals surface area contributed by atoms with Gasteiger partial charge in [-0.1, -0.05) is 18.2 Å². The topological polar surface area (TPSA) is 52.0 Å². The molecule has 0 spiro atoms. The number of alkyl halides is 5. The van der Waals surface area contributed by atoms with Crippen molar-refractivity contribution in [3.05, 3.63) is 89.8 Å². The van der Waals surface area contributed by atoms with Gasteiger partial charge in [0.25, 0.3) is 0 Å². The molecular formula is C23H13F7N4. The van der Waals surface area contributed by atoms with Gasteiger partial charge in [0.05, 0.1) is 16.9 Å². The molecule has 0 saturated heterocycles. The van der Waals surface area contributed by atoms with Crippen LogP contribution in [0.5, 0.6) is 0 Å². The van der Waals surface area contributed by atoms with E-state index in [0.29, 0.717) is 23.3 Å². The lowest BCUT2D eigenvalue weighted by Gasteiger charge is -2.28. The molecule has 0 saturated carbocycles. The van der Waals surface area contributed by atoms with Gasteiger partial charge in [0.1, 0.15) is 17.9 Å². The lowest BCUT2D eigenvalue weighted by Crippen LogP contribution is -2.54. The maximum absolute atomic E-state index is 14.5. The van der Waals surface area contributed by atoms with Crippen molar-refractivity contribution in [3.63, 3.8) is 0 Å². The summed E-state index contributed by atoms with van der Waals surface area (Å²) in [6, 6.07) is 9.18. The second kappa shape index (κ2) is 8.46. The zero-order valence-corrected chi connectivity index (χ0v) is 16.9. The van der Waals surface area contributed by atoms with Crippen LogP contribution in [0.15, 0.2) is 67.0 Å². The fourth-order valence-electron chi connectivity index (χ4n) is 3.44. The third-order valence-corrected chi connectivity index (χ3v) is 5.11. The first kappa shape index (κ1) is 23.3. The minimum atomic E-state index is -5.88. The van der Waals surface area contributed by atoms with Crippen molar-refractivity contribution in [2.45, 2.75) is 18.1 Å². The van der Waals surface area contributed by atoms with Crippen LogP contribution in [-0.2, 0) is 0 Å². The molecule has 1 unspecified atom stereocenters. The summed E-state index contributed by atoms with van der Waals surface area (Å²) in [6.45, 7) is 0. The van der Waals surface area contributed by atoms with Crippen LogP contribution < -0.4 is 10.4 Å². The highest BCUT2D eigenvalue weighted by Gasteiger charge is 2.63. The molecule has 1 aliphatic rings. The van der Waals surface area contributed by atoms with Gasteiger partial charge >= 0.3 is 12.1 Å². The largest absolute Gasteiger partial charge is 0.455 e. The number of halogens is 7. The van der Waals surface area contributed by atoms with Crippen molar-refractivity contribution in [2.24, 2.45) is 0 Å². The molecule has 3 aromatic rings. The summed E-state index contributed by atoms with van der Waals surface area (Å²) in [5.74, 6) is -7.31. The molecular weight excluding hydrogens is 465 g/mol. The Labute approximate surface area is 188 Å². The summed E-state index contributed by atoms with van der Waals surface area (Å²) in [6.07, 6.45) is -2.47. The molecule has 4 rings (SSSR count). The smallest absolute Gasteiger partial charge is 0.273 e. The predicted molar refractivity (Wildman–Crippen MR) is 109 cm³/mol. The zero-order valence-electron chi connectivity index (χ0n) is 16.9. The standard InChI is InChI=1S/C23H13F7N4/c24-17-4-5-19(18(25)8-17)34-20(9-21(33-34)22(26,27)23(28,29)30)15-3-1-2-14(7-15)16-6-13(10-31)11-32-12-16/h1-9,11-12,21,33H. The molecule has 1 atom stereocenters. The van der Waals surface area contributed by atoms with Gasteiger partial charge in [-0.05, 0) is 41.5 Å². The van der Waals surface area contributed by atoms with E-state index in [4.69, 9.17) is 5.26 Å². The van der Waals surface area contributed by atoms with Gasteiger partial charge in [0.2, 0.25) is 0 Å². The number of nitrogens with zero attached hydrogens (tertiary/aromatic N) is 3. The van der Waals surface area contributed by atoms with Gasteiger partial charge in [-0.2, -0.15) is 27.2 Å². The molecule has 2 heterocycles. The number of benzene rings is 2. The van der Waals surface area contributed by atoms with Crippen molar-refractivity contribution in [1.82, 2.24) is 10.4 Å². The van der Waals surface area contributed by atoms with Crippen LogP contribution in [0.3, 0.4) is 0 Å². The lowest BCUT2D eigenvalue weighted by molar-refractivity contribution is -0.287. The normalized spacial score (nSPS) is 16.4. The van der Waals surface area contributed by atoms with Crippen molar-refractivity contribution in [2.75, 3.05) is 5.01 Å². The van der Waals surface area contributed by atoms with Gasteiger partial charge in [-0.3, -0.25) is 9.99 Å². The summed E-state index contributed by atoms with van der Waals surface area (Å²) in [4.78, 5) is 3.94. The number of anilines is 1. The van der Waals surface area contributed by atoms with Crippen LogP contribution in [0.2, 0.25) is 0 Å². The van der Waals surface area contributed by atoms with Gasteiger partial charge in [-0.25, -0.2) is 14.2 Å². The van der Waals surface area contributed by atoms with Crippen LogP contribution in [0.4, 0.5) is 36.4 Å². The molecule has 0 amide bonds. The van der Waals surface area contributed by atoms with Gasteiger partial charge in [-0.15, -0.1) is 0 Å². The fourth-order valence-corrected chi connectivity index (χ4v) is 3.44. The second-order valence-corrected chi connectivity index (χ2v) is 7.37. The highest BCUT2D eigenvalue weighted by Crippen LogP contribution is 2.43. The molecule has 1 aromatic heterocycles. The van der Waals surface area contributed by atoms with Crippen LogP contribution in [0.25, 0.3) is 16.8 Å². The Kier molecular flexibility index (Phi) is 5.79. The number of hydrogen-bond donors (Lipinski definition) is 1. The Balaban J connectivity index is 1.83. The molecule has 4 nitrogen and oxygen atoms in total. The van der Waals surface area contributed by atoms with Crippen molar-refractivity contribution < 1.29 is 30.7 Å². The minimum Gasteiger partial charge on any atom is -0.273 e. The monoisotopic (exact) mass is 478 g/mol. The SMILES string of the molecule is N#Cc1cncc(-c2cccc(C3=CC(C(F)(F)C(F)(F)F)NN3c3ccc(F)cc3F)c2)c1. The second-order valence-electron chi connectivity index (χ2n) is 7.37. The fraction of sp³-hybridized carbons (Fsp3) is 0.130. The quantitative estimate of drug-likeness (QED) is 0.480. The van der Waals surface area contributed by atoms with Crippen molar-refractivity contribution in [3.8, 4) is 17.2 Å². The molecule has 0 fully saturated rings. The molecule has 1 N–H and O–H groups in total. The summed E-state index contributed by atoms with van der Waals surface area (Å²) in [5, 5.41) is 9.80. The summed E-state index contributed by atoms with van der Waals surface area (Å²) in [7, 11) is 0. The van der Waals surface area contributed by atoms with E-state index in [-0.39, 0.29) is 16.8 Å². The average Bonchev–Trinajstić information content (AvgIpc) is 3.24. The highest BCUT2D eigenvalue weighted by atomic mass is 19.4. The number of rotatable bonds is 4. The average molecular weight is 478 g/mol. The van der Waals surface area contributed by atoms with Crippen LogP contribution in [0, 0.1) is 23.0 Å². The van der Waals surface area contributed by atoms with Gasteiger partial charge < -0.3 is 0 Å². The Morgan fingerprint density at radius 3 is 2.32 bits per heavy atom. The first-order valence-electron chi connectivity index (χ1n) is 9.65. The molecule has 34 heavy (non-hydrogen) atoms. The van der Waals surface area contributed by atoms with Crippen LogP contribution in [0.1, 0.15) is 11.1 Å². The van der Waals surface area contributed by atoms with Crippen LogP contribution in [-0.4, -0.2) is 23.1 Å². The van der Waals surface area contributed by atoms with E-state index in [1.54, 1.807) is 6.07 Å². The van der Waals surface area contributed by atoms with Gasteiger partial charge in [0.15, 0.2) is 5.82 Å². The van der Waals surface area contributed by atoms with Crippen LogP contribution >= 0.6 is 0 Å². The molecule has 2 aromatic carbocycles. The maximum Gasteiger partial charge on any atom is 0.455 e. The number of hydrazine groups is 1. The van der Waals surface area contributed by atoms with Crippen molar-refractivity contribution in [1.29, 1.82) is 5.26 Å². The van der Waals surface area contributed by atoms with E-state index in [1.807, 2.05) is 11.5 Å². The van der Waals surface area contributed by atoms with Crippen molar-refractivity contribution >= 4 is 11.4 Å². The molecule has 174 valence electrons. The Morgan fingerprint density at radius 1 is 0.912 bits per heavy atom. The van der Waals surface area contributed by atoms with E-state index in [0.717, 1.165) is 17.1 Å². The highest BCUT2D eigenvalue weighted by molar-refractivity contribution is 5.83. The first-order valence-corrected chi connectivity index (χ1v) is 9.65. The molecule has 0 bridgehead atoms. The number of aromatic nitrogens is 1. The van der Waals surface area contributed by atoms with Gasteiger partial charge in [0, 0.05) is 24.0 Å². The molecule has 11 heteroatoms. The van der Waals surface area contributed by atoms with E-state index < -0.39 is 35.5 Å². The Hall–Kier alpha value is -3.91. The molecule has 1 aliphatic heterocycles. The first-order chi connectivity index (χ1) is 16.0. The summed E-state index contributed by atoms with van der Waals surface area (Å²) in [5.41, 5.74) is 2.73. The predicted octanol–water partition coefficient (Wildman–Crippen LogP) is 5.83. The summed E-state index contributed by atoms with van der Waals surface area (Å²) < 4.78 is 95.3. The third kappa shape index (κ3) is 4.20. The Bertz CT molecular complexity index is 1310. The lowest BCUT2D eigenvalue weighted by atomic mass is 10.0. The number of nitriles is 1. The van der Waals surface area contributed by atoms with E-state index >= 15 is 0 Å². The maximum atomic E-state index is 14.5.